The van der Waals surface area contributed by atoms with E-state index < -0.39 is 15.9 Å². The zero-order chi connectivity index (χ0) is 24.5. The first-order valence-electron chi connectivity index (χ1n) is 10.8. The maximum Gasteiger partial charge on any atom is 0.308 e. The van der Waals surface area contributed by atoms with E-state index >= 15 is 0 Å². The van der Waals surface area contributed by atoms with E-state index in [2.05, 4.69) is 10.0 Å². The Balaban J connectivity index is 1.61. The fourth-order valence-electron chi connectivity index (χ4n) is 3.75. The van der Waals surface area contributed by atoms with Gasteiger partial charge >= 0.3 is 4.87 Å². The van der Waals surface area contributed by atoms with Gasteiger partial charge in [-0.15, -0.1) is 0 Å². The second kappa shape index (κ2) is 9.44. The number of hydrogen-bond donors (Lipinski definition) is 2. The molecule has 0 saturated carbocycles. The van der Waals surface area contributed by atoms with Crippen LogP contribution in [-0.4, -0.2) is 18.9 Å². The van der Waals surface area contributed by atoms with Gasteiger partial charge in [-0.1, -0.05) is 53.8 Å². The second-order valence-electron chi connectivity index (χ2n) is 8.22. The summed E-state index contributed by atoms with van der Waals surface area (Å²) in [4.78, 5) is 25.2. The summed E-state index contributed by atoms with van der Waals surface area (Å²) in [6, 6.07) is 20.3. The van der Waals surface area contributed by atoms with E-state index in [1.807, 2.05) is 51.1 Å². The van der Waals surface area contributed by atoms with E-state index in [4.69, 9.17) is 0 Å². The van der Waals surface area contributed by atoms with Gasteiger partial charge in [-0.3, -0.25) is 18.9 Å². The zero-order valence-corrected chi connectivity index (χ0v) is 20.6. The Hall–Kier alpha value is -3.43. The van der Waals surface area contributed by atoms with Gasteiger partial charge in [-0.05, 0) is 56.7 Å². The first kappa shape index (κ1) is 23.7. The van der Waals surface area contributed by atoms with E-state index in [0.29, 0.717) is 10.2 Å². The molecular weight excluding hydrogens is 470 g/mol. The lowest BCUT2D eigenvalue weighted by molar-refractivity contribution is 0.0941. The Kier molecular flexibility index (Phi) is 6.58. The number of amides is 1. The maximum absolute atomic E-state index is 13.2. The van der Waals surface area contributed by atoms with Crippen molar-refractivity contribution in [3.8, 4) is 0 Å². The fraction of sp³-hybridized carbons (Fsp3) is 0.200. The van der Waals surface area contributed by atoms with Crippen LogP contribution in [0.3, 0.4) is 0 Å². The number of carbonyl (C=O) groups excluding carboxylic acids is 1. The summed E-state index contributed by atoms with van der Waals surface area (Å²) in [6.45, 7) is 5.67. The number of sulfonamides is 1. The Labute approximate surface area is 202 Å². The van der Waals surface area contributed by atoms with E-state index in [1.165, 1.54) is 12.1 Å². The van der Waals surface area contributed by atoms with Gasteiger partial charge in [0.15, 0.2) is 0 Å². The lowest BCUT2D eigenvalue weighted by Crippen LogP contribution is -2.28. The van der Waals surface area contributed by atoms with Gasteiger partial charge in [0.2, 0.25) is 0 Å². The van der Waals surface area contributed by atoms with Gasteiger partial charge in [0.25, 0.3) is 15.9 Å². The fourth-order valence-corrected chi connectivity index (χ4v) is 5.98. The molecule has 0 bridgehead atoms. The molecule has 0 spiro atoms. The highest BCUT2D eigenvalue weighted by atomic mass is 32.2. The number of benzene rings is 3. The minimum Gasteiger partial charge on any atom is -0.345 e. The minimum absolute atomic E-state index is 0.0185. The molecule has 0 radical (unpaired) electrons. The van der Waals surface area contributed by atoms with Gasteiger partial charge < -0.3 is 5.32 Å². The summed E-state index contributed by atoms with van der Waals surface area (Å²) >= 11 is 1.01. The van der Waals surface area contributed by atoms with Crippen LogP contribution in [-0.2, 0) is 10.0 Å². The van der Waals surface area contributed by atoms with Crippen LogP contribution in [0.25, 0.3) is 10.2 Å². The molecule has 0 aliphatic heterocycles. The highest BCUT2D eigenvalue weighted by Crippen LogP contribution is 2.26. The molecule has 176 valence electrons. The van der Waals surface area contributed by atoms with Crippen LogP contribution in [0.2, 0.25) is 0 Å². The SMILES string of the molecule is CC(NC(=O)c1ccccc1NS(=O)(=O)c1ccc2c(c1)sc(=O)n2C(C)C)c1ccccc1. The quantitative estimate of drug-likeness (QED) is 0.380. The molecule has 1 heterocycles. The number of fused-ring (bicyclic) bond motifs is 1. The van der Waals surface area contributed by atoms with Crippen molar-refractivity contribution in [2.75, 3.05) is 4.72 Å². The molecular formula is C25H25N3O4S2. The lowest BCUT2D eigenvalue weighted by Gasteiger charge is -2.17. The van der Waals surface area contributed by atoms with Gasteiger partial charge in [-0.25, -0.2) is 8.42 Å². The molecule has 4 aromatic rings. The predicted molar refractivity (Wildman–Crippen MR) is 136 cm³/mol. The van der Waals surface area contributed by atoms with Gasteiger partial charge in [-0.2, -0.15) is 0 Å². The van der Waals surface area contributed by atoms with Crippen molar-refractivity contribution in [1.82, 2.24) is 9.88 Å². The van der Waals surface area contributed by atoms with Gasteiger partial charge in [0.05, 0.1) is 32.4 Å². The molecule has 3 aromatic carbocycles. The summed E-state index contributed by atoms with van der Waals surface area (Å²) in [5.41, 5.74) is 2.02. The number of rotatable bonds is 7. The second-order valence-corrected chi connectivity index (χ2v) is 10.9. The standard InChI is InChI=1S/C25H25N3O4S2/c1-16(2)28-22-14-13-19(15-23(22)33-25(28)30)34(31,32)27-21-12-8-7-11-20(21)24(29)26-17(3)18-9-5-4-6-10-18/h4-17,27H,1-3H3,(H,26,29). The van der Waals surface area contributed by atoms with E-state index in [-0.39, 0.29) is 33.1 Å². The number of hydrogen-bond acceptors (Lipinski definition) is 5. The molecule has 9 heteroatoms. The molecule has 0 fully saturated rings. The Morgan fingerprint density at radius 3 is 2.32 bits per heavy atom. The zero-order valence-electron chi connectivity index (χ0n) is 19.0. The maximum atomic E-state index is 13.2. The third-order valence-electron chi connectivity index (χ3n) is 5.47. The largest absolute Gasteiger partial charge is 0.345 e. The molecule has 7 nitrogen and oxygen atoms in total. The predicted octanol–water partition coefficient (Wildman–Crippen LogP) is 4.94. The summed E-state index contributed by atoms with van der Waals surface area (Å²) in [5, 5.41) is 2.91. The molecule has 0 aliphatic rings. The van der Waals surface area contributed by atoms with Crippen molar-refractivity contribution in [2.45, 2.75) is 37.8 Å². The highest BCUT2D eigenvalue weighted by Gasteiger charge is 2.21. The summed E-state index contributed by atoms with van der Waals surface area (Å²) in [7, 11) is -4.00. The van der Waals surface area contributed by atoms with Crippen molar-refractivity contribution >= 4 is 43.2 Å². The number of anilines is 1. The van der Waals surface area contributed by atoms with Crippen LogP contribution in [0.4, 0.5) is 5.69 Å². The van der Waals surface area contributed by atoms with Crippen molar-refractivity contribution in [2.24, 2.45) is 0 Å². The first-order chi connectivity index (χ1) is 16.2. The van der Waals surface area contributed by atoms with Crippen LogP contribution in [0.5, 0.6) is 0 Å². The van der Waals surface area contributed by atoms with Crippen LogP contribution < -0.4 is 14.9 Å². The monoisotopic (exact) mass is 495 g/mol. The number of nitrogens with zero attached hydrogens (tertiary/aromatic N) is 1. The van der Waals surface area contributed by atoms with Crippen LogP contribution in [0.1, 0.15) is 48.8 Å². The summed E-state index contributed by atoms with van der Waals surface area (Å²) < 4.78 is 31.1. The normalized spacial score (nSPS) is 12.6. The number of thiazole rings is 1. The van der Waals surface area contributed by atoms with E-state index in [9.17, 15) is 18.0 Å². The third kappa shape index (κ3) is 4.76. The molecule has 1 amide bonds. The molecule has 4 rings (SSSR count). The molecule has 1 aromatic heterocycles. The first-order valence-corrected chi connectivity index (χ1v) is 13.1. The summed E-state index contributed by atoms with van der Waals surface area (Å²) in [5.74, 6) is -0.391. The molecule has 1 atom stereocenters. The average Bonchev–Trinajstić information content (AvgIpc) is 3.14. The smallest absolute Gasteiger partial charge is 0.308 e. The van der Waals surface area contributed by atoms with Crippen molar-refractivity contribution in [3.63, 3.8) is 0 Å². The van der Waals surface area contributed by atoms with Gasteiger partial charge in [0, 0.05) is 6.04 Å². The average molecular weight is 496 g/mol. The topological polar surface area (TPSA) is 97.3 Å². The molecule has 0 saturated heterocycles. The third-order valence-corrected chi connectivity index (χ3v) is 7.76. The van der Waals surface area contributed by atoms with Crippen molar-refractivity contribution < 1.29 is 13.2 Å². The number of aromatic nitrogens is 1. The Bertz CT molecular complexity index is 1510. The minimum atomic E-state index is -4.00. The molecule has 34 heavy (non-hydrogen) atoms. The van der Waals surface area contributed by atoms with Crippen molar-refractivity contribution in [1.29, 1.82) is 0 Å². The molecule has 1 unspecified atom stereocenters. The Morgan fingerprint density at radius 1 is 0.941 bits per heavy atom. The highest BCUT2D eigenvalue weighted by molar-refractivity contribution is 7.92. The number of para-hydroxylation sites is 1. The lowest BCUT2D eigenvalue weighted by atomic mass is 10.1. The molecule has 0 aliphatic carbocycles. The van der Waals surface area contributed by atoms with Crippen LogP contribution >= 0.6 is 11.3 Å². The van der Waals surface area contributed by atoms with Gasteiger partial charge in [0.1, 0.15) is 0 Å². The van der Waals surface area contributed by atoms with E-state index in [0.717, 1.165) is 16.9 Å². The number of nitrogens with one attached hydrogen (secondary N) is 2. The summed E-state index contributed by atoms with van der Waals surface area (Å²) in [6.07, 6.45) is 0. The van der Waals surface area contributed by atoms with Crippen LogP contribution in [0.15, 0.2) is 82.5 Å². The number of carbonyl (C=O) groups is 1. The van der Waals surface area contributed by atoms with Crippen molar-refractivity contribution in [3.05, 3.63) is 93.6 Å². The Morgan fingerprint density at radius 2 is 1.62 bits per heavy atom. The van der Waals surface area contributed by atoms with Crippen LogP contribution in [0, 0.1) is 0 Å². The molecule has 2 N–H and O–H groups in total. The van der Waals surface area contributed by atoms with E-state index in [1.54, 1.807) is 34.9 Å².